The standard InChI is InChI=1S/C14H12N6O/c15-13(12-14(16)20-21-19-12)18-17-8-9-5-6-10-3-1-2-4-11(10)7-9/h1-8H,(H2,15,18)(H2,16,20)/b17-8+. The van der Waals surface area contributed by atoms with Gasteiger partial charge in [-0.1, -0.05) is 36.4 Å². The summed E-state index contributed by atoms with van der Waals surface area (Å²) in [7, 11) is 0. The number of aromatic nitrogens is 2. The second-order valence-electron chi connectivity index (χ2n) is 4.33. The third kappa shape index (κ3) is 2.71. The van der Waals surface area contributed by atoms with Crippen LogP contribution in [0.25, 0.3) is 10.8 Å². The van der Waals surface area contributed by atoms with Gasteiger partial charge in [-0.3, -0.25) is 0 Å². The van der Waals surface area contributed by atoms with Crippen molar-refractivity contribution < 1.29 is 4.63 Å². The normalized spacial score (nSPS) is 12.3. The minimum absolute atomic E-state index is 0.0470. The third-order valence-corrected chi connectivity index (χ3v) is 2.90. The number of anilines is 1. The number of nitrogens with zero attached hydrogens (tertiary/aromatic N) is 4. The Balaban J connectivity index is 1.83. The van der Waals surface area contributed by atoms with Crippen LogP contribution in [0, 0.1) is 0 Å². The van der Waals surface area contributed by atoms with E-state index < -0.39 is 0 Å². The number of amidine groups is 1. The van der Waals surface area contributed by atoms with E-state index in [2.05, 4.69) is 25.1 Å². The highest BCUT2D eigenvalue weighted by atomic mass is 16.6. The van der Waals surface area contributed by atoms with Crippen molar-refractivity contribution >= 4 is 28.6 Å². The molecule has 4 N–H and O–H groups in total. The van der Waals surface area contributed by atoms with E-state index in [1.54, 1.807) is 6.21 Å². The first kappa shape index (κ1) is 12.8. The fourth-order valence-electron chi connectivity index (χ4n) is 1.87. The minimum atomic E-state index is 0.0470. The predicted molar refractivity (Wildman–Crippen MR) is 81.0 cm³/mol. The van der Waals surface area contributed by atoms with Gasteiger partial charge >= 0.3 is 0 Å². The molecule has 0 bridgehead atoms. The Hall–Kier alpha value is -3.22. The molecule has 0 fully saturated rings. The van der Waals surface area contributed by atoms with E-state index in [1.807, 2.05) is 42.5 Å². The molecule has 0 amide bonds. The number of nitrogens with two attached hydrogens (primary N) is 2. The molecule has 0 saturated heterocycles. The van der Waals surface area contributed by atoms with Crippen LogP contribution in [0.3, 0.4) is 0 Å². The molecule has 1 heterocycles. The number of hydrogen-bond donors (Lipinski definition) is 2. The van der Waals surface area contributed by atoms with Crippen LogP contribution in [0.4, 0.5) is 5.82 Å². The fraction of sp³-hybridized carbons (Fsp3) is 0. The summed E-state index contributed by atoms with van der Waals surface area (Å²) in [4.78, 5) is 0. The average Bonchev–Trinajstić information content (AvgIpc) is 2.93. The van der Waals surface area contributed by atoms with Crippen molar-refractivity contribution in [3.05, 3.63) is 53.7 Å². The maximum absolute atomic E-state index is 5.69. The van der Waals surface area contributed by atoms with Gasteiger partial charge in [0.15, 0.2) is 17.3 Å². The second-order valence-corrected chi connectivity index (χ2v) is 4.33. The number of benzene rings is 2. The topological polar surface area (TPSA) is 116 Å². The zero-order valence-corrected chi connectivity index (χ0v) is 11.0. The van der Waals surface area contributed by atoms with E-state index in [0.717, 1.165) is 10.9 Å². The van der Waals surface area contributed by atoms with Gasteiger partial charge in [0.25, 0.3) is 0 Å². The zero-order chi connectivity index (χ0) is 14.7. The Kier molecular flexibility index (Phi) is 3.30. The molecular weight excluding hydrogens is 268 g/mol. The summed E-state index contributed by atoms with van der Waals surface area (Å²) in [5.41, 5.74) is 12.3. The van der Waals surface area contributed by atoms with E-state index >= 15 is 0 Å². The Morgan fingerprint density at radius 2 is 1.90 bits per heavy atom. The van der Waals surface area contributed by atoms with E-state index in [0.29, 0.717) is 0 Å². The fourth-order valence-corrected chi connectivity index (χ4v) is 1.87. The van der Waals surface area contributed by atoms with E-state index in [4.69, 9.17) is 11.5 Å². The van der Waals surface area contributed by atoms with E-state index in [-0.39, 0.29) is 17.3 Å². The molecule has 21 heavy (non-hydrogen) atoms. The van der Waals surface area contributed by atoms with Gasteiger partial charge in [0, 0.05) is 0 Å². The smallest absolute Gasteiger partial charge is 0.199 e. The molecule has 0 spiro atoms. The summed E-state index contributed by atoms with van der Waals surface area (Å²) in [6.07, 6.45) is 1.60. The van der Waals surface area contributed by atoms with Crippen LogP contribution in [-0.2, 0) is 0 Å². The molecule has 0 saturated carbocycles. The highest BCUT2D eigenvalue weighted by Gasteiger charge is 2.09. The quantitative estimate of drug-likeness (QED) is 0.429. The van der Waals surface area contributed by atoms with Crippen LogP contribution in [0.1, 0.15) is 11.3 Å². The van der Waals surface area contributed by atoms with Gasteiger partial charge in [0.1, 0.15) is 0 Å². The molecule has 3 rings (SSSR count). The molecular formula is C14H12N6O. The largest absolute Gasteiger partial charge is 0.380 e. The zero-order valence-electron chi connectivity index (χ0n) is 11.0. The van der Waals surface area contributed by atoms with Crippen LogP contribution in [0.5, 0.6) is 0 Å². The summed E-state index contributed by atoms with van der Waals surface area (Å²) in [6, 6.07) is 14.0. The first-order chi connectivity index (χ1) is 10.2. The summed E-state index contributed by atoms with van der Waals surface area (Å²) >= 11 is 0. The van der Waals surface area contributed by atoms with Gasteiger partial charge in [0.2, 0.25) is 0 Å². The summed E-state index contributed by atoms with van der Waals surface area (Å²) in [6.45, 7) is 0. The second kappa shape index (κ2) is 5.41. The summed E-state index contributed by atoms with van der Waals surface area (Å²) < 4.78 is 4.44. The maximum atomic E-state index is 5.69. The van der Waals surface area contributed by atoms with Crippen molar-refractivity contribution in [2.45, 2.75) is 0 Å². The number of nitrogen functional groups attached to an aromatic ring is 1. The minimum Gasteiger partial charge on any atom is -0.380 e. The lowest BCUT2D eigenvalue weighted by molar-refractivity contribution is 0.308. The number of fused-ring (bicyclic) bond motifs is 1. The van der Waals surface area contributed by atoms with Gasteiger partial charge in [-0.25, -0.2) is 4.63 Å². The van der Waals surface area contributed by atoms with Gasteiger partial charge in [-0.15, -0.1) is 5.10 Å². The van der Waals surface area contributed by atoms with Crippen LogP contribution >= 0.6 is 0 Å². The van der Waals surface area contributed by atoms with E-state index in [9.17, 15) is 0 Å². The Morgan fingerprint density at radius 1 is 1.10 bits per heavy atom. The van der Waals surface area contributed by atoms with Crippen molar-refractivity contribution in [3.63, 3.8) is 0 Å². The maximum Gasteiger partial charge on any atom is 0.199 e. The molecule has 2 aromatic carbocycles. The van der Waals surface area contributed by atoms with Crippen LogP contribution < -0.4 is 11.5 Å². The third-order valence-electron chi connectivity index (χ3n) is 2.90. The molecule has 0 radical (unpaired) electrons. The van der Waals surface area contributed by atoms with Crippen molar-refractivity contribution in [2.75, 3.05) is 5.73 Å². The van der Waals surface area contributed by atoms with E-state index in [1.165, 1.54) is 5.39 Å². The lowest BCUT2D eigenvalue weighted by Gasteiger charge is -1.98. The summed E-state index contributed by atoms with van der Waals surface area (Å²) in [5, 5.41) is 17.0. The van der Waals surface area contributed by atoms with Crippen molar-refractivity contribution in [1.82, 2.24) is 10.3 Å². The highest BCUT2D eigenvalue weighted by molar-refractivity contribution is 5.99. The Bertz CT molecular complexity index is 836. The average molecular weight is 280 g/mol. The predicted octanol–water partition coefficient (Wildman–Crippen LogP) is 1.54. The molecule has 0 aliphatic carbocycles. The van der Waals surface area contributed by atoms with Gasteiger partial charge in [0.05, 0.1) is 6.21 Å². The first-order valence-electron chi connectivity index (χ1n) is 6.18. The van der Waals surface area contributed by atoms with Gasteiger partial charge in [-0.05, 0) is 32.7 Å². The van der Waals surface area contributed by atoms with Crippen LogP contribution in [-0.4, -0.2) is 22.4 Å². The number of rotatable bonds is 3. The monoisotopic (exact) mass is 280 g/mol. The molecule has 1 aromatic heterocycles. The van der Waals surface area contributed by atoms with Gasteiger partial charge < -0.3 is 11.5 Å². The van der Waals surface area contributed by atoms with Gasteiger partial charge in [-0.2, -0.15) is 5.10 Å². The molecule has 0 aliphatic rings. The summed E-state index contributed by atoms with van der Waals surface area (Å²) in [5.74, 6) is 0.128. The van der Waals surface area contributed by atoms with Crippen molar-refractivity contribution in [1.29, 1.82) is 0 Å². The Labute approximate surface area is 119 Å². The van der Waals surface area contributed by atoms with Crippen molar-refractivity contribution in [2.24, 2.45) is 15.9 Å². The molecule has 0 aliphatic heterocycles. The molecule has 104 valence electrons. The van der Waals surface area contributed by atoms with Crippen LogP contribution in [0.2, 0.25) is 0 Å². The lowest BCUT2D eigenvalue weighted by Crippen LogP contribution is -2.15. The SMILES string of the molecule is N/C(=N\N=C\c1ccc2ccccc2c1)c1nonc1N. The molecule has 7 heteroatoms. The highest BCUT2D eigenvalue weighted by Crippen LogP contribution is 2.14. The molecule has 0 atom stereocenters. The number of hydrogen-bond acceptors (Lipinski definition) is 6. The van der Waals surface area contributed by atoms with Crippen LogP contribution in [0.15, 0.2) is 57.3 Å². The molecule has 7 nitrogen and oxygen atoms in total. The first-order valence-corrected chi connectivity index (χ1v) is 6.18. The molecule has 0 unspecified atom stereocenters. The molecule has 3 aromatic rings. The lowest BCUT2D eigenvalue weighted by atomic mass is 10.1. The Morgan fingerprint density at radius 3 is 2.67 bits per heavy atom. The van der Waals surface area contributed by atoms with Crippen molar-refractivity contribution in [3.8, 4) is 0 Å².